The van der Waals surface area contributed by atoms with Crippen molar-refractivity contribution in [2.24, 2.45) is 0 Å². The zero-order valence-electron chi connectivity index (χ0n) is 7.17. The summed E-state index contributed by atoms with van der Waals surface area (Å²) in [5.41, 5.74) is -0.295. The highest BCUT2D eigenvalue weighted by molar-refractivity contribution is 6.34. The zero-order chi connectivity index (χ0) is 10.1. The van der Waals surface area contributed by atoms with E-state index in [4.69, 9.17) is 28.5 Å². The summed E-state index contributed by atoms with van der Waals surface area (Å²) in [5.74, 6) is 0. The normalized spacial score (nSPS) is 11.0. The zero-order valence-corrected chi connectivity index (χ0v) is 8.69. The van der Waals surface area contributed by atoms with Crippen LogP contribution in [0.25, 0.3) is 0 Å². The fraction of sp³-hybridized carbons (Fsp3) is 0.375. The molecule has 1 heterocycles. The summed E-state index contributed by atoms with van der Waals surface area (Å²) in [6.07, 6.45) is 1.27. The van der Waals surface area contributed by atoms with Gasteiger partial charge in [0.05, 0.1) is 11.5 Å². The van der Waals surface area contributed by atoms with Gasteiger partial charge in [0.1, 0.15) is 16.6 Å². The highest BCUT2D eigenvalue weighted by Gasteiger charge is 2.27. The molecule has 1 aromatic rings. The van der Waals surface area contributed by atoms with Crippen molar-refractivity contribution < 1.29 is 0 Å². The van der Waals surface area contributed by atoms with Gasteiger partial charge in [0, 0.05) is 5.56 Å². The lowest BCUT2D eigenvalue weighted by atomic mass is 9.88. The second-order valence-electron chi connectivity index (χ2n) is 3.07. The number of hydrogen-bond donors (Lipinski definition) is 0. The fourth-order valence-electron chi connectivity index (χ4n) is 0.916. The maximum Gasteiger partial charge on any atom is 0.138 e. The lowest BCUT2D eigenvalue weighted by molar-refractivity contribution is 0.678. The Morgan fingerprint density at radius 2 is 1.77 bits per heavy atom. The predicted octanol–water partition coefficient (Wildman–Crippen LogP) is 2.58. The van der Waals surface area contributed by atoms with Crippen LogP contribution in [-0.2, 0) is 5.41 Å². The molecule has 0 aromatic carbocycles. The van der Waals surface area contributed by atoms with Gasteiger partial charge in [-0.1, -0.05) is 23.2 Å². The minimum atomic E-state index is -0.768. The summed E-state index contributed by atoms with van der Waals surface area (Å²) >= 11 is 11.6. The number of hydrogen-bond acceptors (Lipinski definition) is 3. The molecule has 0 aliphatic rings. The molecule has 0 amide bonds. The van der Waals surface area contributed by atoms with Crippen molar-refractivity contribution in [2.75, 3.05) is 0 Å². The second-order valence-corrected chi connectivity index (χ2v) is 3.78. The van der Waals surface area contributed by atoms with Gasteiger partial charge in [0.15, 0.2) is 0 Å². The summed E-state index contributed by atoms with van der Waals surface area (Å²) in [6, 6.07) is 2.09. The van der Waals surface area contributed by atoms with Crippen LogP contribution in [0.3, 0.4) is 0 Å². The Bertz CT molecular complexity index is 348. The van der Waals surface area contributed by atoms with Crippen LogP contribution in [0.1, 0.15) is 19.4 Å². The third-order valence-electron chi connectivity index (χ3n) is 1.66. The molecule has 0 spiro atoms. The predicted molar refractivity (Wildman–Crippen MR) is 50.7 cm³/mol. The number of nitriles is 1. The van der Waals surface area contributed by atoms with Crippen molar-refractivity contribution in [3.63, 3.8) is 0 Å². The molecule has 0 saturated carbocycles. The van der Waals surface area contributed by atoms with Gasteiger partial charge in [-0.05, 0) is 13.8 Å². The molecule has 0 N–H and O–H groups in total. The summed E-state index contributed by atoms with van der Waals surface area (Å²) in [6.45, 7) is 3.42. The quantitative estimate of drug-likeness (QED) is 0.678. The Hall–Kier alpha value is -0.850. The van der Waals surface area contributed by atoms with Crippen LogP contribution < -0.4 is 0 Å². The summed E-state index contributed by atoms with van der Waals surface area (Å²) in [4.78, 5) is 7.55. The van der Waals surface area contributed by atoms with Gasteiger partial charge in [-0.15, -0.1) is 0 Å². The average Bonchev–Trinajstić information content (AvgIpc) is 2.03. The Kier molecular flexibility index (Phi) is 2.74. The molecule has 0 unspecified atom stereocenters. The molecule has 0 aliphatic heterocycles. The molecule has 1 aromatic heterocycles. The van der Waals surface area contributed by atoms with Crippen molar-refractivity contribution in [1.82, 2.24) is 9.97 Å². The van der Waals surface area contributed by atoms with Crippen LogP contribution in [0.5, 0.6) is 0 Å². The maximum absolute atomic E-state index is 8.87. The highest BCUT2D eigenvalue weighted by Crippen LogP contribution is 2.32. The molecular formula is C8H7Cl2N3. The van der Waals surface area contributed by atoms with E-state index in [9.17, 15) is 0 Å². The number of halogens is 2. The second kappa shape index (κ2) is 3.49. The fourth-order valence-corrected chi connectivity index (χ4v) is 1.70. The van der Waals surface area contributed by atoms with Gasteiger partial charge in [-0.3, -0.25) is 0 Å². The molecule has 0 atom stereocenters. The van der Waals surface area contributed by atoms with E-state index >= 15 is 0 Å². The van der Waals surface area contributed by atoms with Crippen LogP contribution in [0.2, 0.25) is 10.3 Å². The molecule has 0 radical (unpaired) electrons. The van der Waals surface area contributed by atoms with Crippen molar-refractivity contribution in [3.05, 3.63) is 22.2 Å². The SMILES string of the molecule is CC(C)(C#N)c1c(Cl)ncnc1Cl. The third kappa shape index (κ3) is 1.90. The molecule has 3 nitrogen and oxygen atoms in total. The van der Waals surface area contributed by atoms with Crippen LogP contribution in [0.4, 0.5) is 0 Å². The molecule has 0 aliphatic carbocycles. The summed E-state index contributed by atoms with van der Waals surface area (Å²) in [5, 5.41) is 9.33. The standard InChI is InChI=1S/C8H7Cl2N3/c1-8(2,3-11)5-6(9)12-4-13-7(5)10/h4H,1-2H3. The molecule has 68 valence electrons. The molecule has 13 heavy (non-hydrogen) atoms. The number of nitrogens with zero attached hydrogens (tertiary/aromatic N) is 3. The van der Waals surface area contributed by atoms with E-state index in [1.807, 2.05) is 0 Å². The van der Waals surface area contributed by atoms with Gasteiger partial charge < -0.3 is 0 Å². The van der Waals surface area contributed by atoms with Gasteiger partial charge in [-0.25, -0.2) is 9.97 Å². The first kappa shape index (κ1) is 10.2. The Morgan fingerprint density at radius 3 is 2.15 bits per heavy atom. The van der Waals surface area contributed by atoms with Crippen LogP contribution in [0, 0.1) is 11.3 Å². The largest absolute Gasteiger partial charge is 0.224 e. The lowest BCUT2D eigenvalue weighted by Gasteiger charge is -2.16. The van der Waals surface area contributed by atoms with Crippen LogP contribution in [0.15, 0.2) is 6.33 Å². The van der Waals surface area contributed by atoms with Crippen molar-refractivity contribution in [2.45, 2.75) is 19.3 Å². The smallest absolute Gasteiger partial charge is 0.138 e. The van der Waals surface area contributed by atoms with E-state index in [1.165, 1.54) is 6.33 Å². The number of aromatic nitrogens is 2. The van der Waals surface area contributed by atoms with Gasteiger partial charge >= 0.3 is 0 Å². The summed E-state index contributed by atoms with van der Waals surface area (Å²) < 4.78 is 0. The van der Waals surface area contributed by atoms with Gasteiger partial charge in [-0.2, -0.15) is 5.26 Å². The minimum absolute atomic E-state index is 0.228. The van der Waals surface area contributed by atoms with E-state index in [1.54, 1.807) is 13.8 Å². The van der Waals surface area contributed by atoms with E-state index in [0.29, 0.717) is 5.56 Å². The van der Waals surface area contributed by atoms with Crippen LogP contribution in [-0.4, -0.2) is 9.97 Å². The molecule has 5 heteroatoms. The van der Waals surface area contributed by atoms with Crippen molar-refractivity contribution >= 4 is 23.2 Å². The maximum atomic E-state index is 8.87. The Labute approximate surface area is 86.3 Å². The van der Waals surface area contributed by atoms with Crippen LogP contribution >= 0.6 is 23.2 Å². The minimum Gasteiger partial charge on any atom is -0.224 e. The summed E-state index contributed by atoms with van der Waals surface area (Å²) in [7, 11) is 0. The third-order valence-corrected chi connectivity index (χ3v) is 2.23. The Balaban J connectivity index is 3.38. The Morgan fingerprint density at radius 1 is 1.31 bits per heavy atom. The van der Waals surface area contributed by atoms with Gasteiger partial charge in [0.2, 0.25) is 0 Å². The van der Waals surface area contributed by atoms with E-state index < -0.39 is 5.41 Å². The first-order chi connectivity index (χ1) is 5.99. The van der Waals surface area contributed by atoms with Gasteiger partial charge in [0.25, 0.3) is 0 Å². The van der Waals surface area contributed by atoms with Crippen molar-refractivity contribution in [3.8, 4) is 6.07 Å². The molecule has 0 fully saturated rings. The molecule has 0 saturated heterocycles. The lowest BCUT2D eigenvalue weighted by Crippen LogP contribution is -2.16. The molecular weight excluding hydrogens is 209 g/mol. The first-order valence-electron chi connectivity index (χ1n) is 3.57. The monoisotopic (exact) mass is 215 g/mol. The van der Waals surface area contributed by atoms with E-state index in [-0.39, 0.29) is 10.3 Å². The van der Waals surface area contributed by atoms with E-state index in [0.717, 1.165) is 0 Å². The van der Waals surface area contributed by atoms with E-state index in [2.05, 4.69) is 16.0 Å². The first-order valence-corrected chi connectivity index (χ1v) is 4.32. The molecule has 1 rings (SSSR count). The van der Waals surface area contributed by atoms with Crippen molar-refractivity contribution in [1.29, 1.82) is 5.26 Å². The topological polar surface area (TPSA) is 49.6 Å². The molecule has 0 bridgehead atoms. The highest BCUT2D eigenvalue weighted by atomic mass is 35.5. The number of rotatable bonds is 1. The average molecular weight is 216 g/mol.